The van der Waals surface area contributed by atoms with Gasteiger partial charge in [-0.05, 0) is 83.6 Å². The Morgan fingerprint density at radius 1 is 0.854 bits per heavy atom. The number of anilines is 1. The molecule has 0 spiro atoms. The van der Waals surface area contributed by atoms with Gasteiger partial charge in [-0.25, -0.2) is 0 Å². The highest BCUT2D eigenvalue weighted by atomic mass is 16.5. The average molecular weight is 550 g/mol. The number of ketones is 2. The number of ether oxygens (including phenoxy) is 2. The van der Waals surface area contributed by atoms with Gasteiger partial charge >= 0.3 is 0 Å². The number of fused-ring (bicyclic) bond motifs is 3. The van der Waals surface area contributed by atoms with Gasteiger partial charge < -0.3 is 14.4 Å². The molecule has 3 aliphatic rings. The first-order chi connectivity index (χ1) is 19.8. The van der Waals surface area contributed by atoms with E-state index in [1.165, 1.54) is 0 Å². The summed E-state index contributed by atoms with van der Waals surface area (Å²) < 4.78 is 12.6. The number of aromatic nitrogens is 4. The van der Waals surface area contributed by atoms with E-state index in [0.717, 1.165) is 52.1 Å². The molecule has 0 saturated heterocycles. The van der Waals surface area contributed by atoms with E-state index in [1.54, 1.807) is 18.7 Å². The monoisotopic (exact) mass is 549 g/mol. The van der Waals surface area contributed by atoms with E-state index < -0.39 is 5.92 Å². The predicted molar refractivity (Wildman–Crippen MR) is 154 cm³/mol. The molecule has 7 rings (SSSR count). The molecule has 0 radical (unpaired) electrons. The van der Waals surface area contributed by atoms with Crippen molar-refractivity contribution in [1.82, 2.24) is 20.0 Å². The quantitative estimate of drug-likeness (QED) is 0.327. The topological polar surface area (TPSA) is 98.9 Å². The van der Waals surface area contributed by atoms with Gasteiger partial charge in [0, 0.05) is 57.9 Å². The Balaban J connectivity index is 1.55. The molecular formula is C32H31N5O4. The van der Waals surface area contributed by atoms with Gasteiger partial charge in [0.15, 0.2) is 17.2 Å². The fraction of sp³-hybridized carbons (Fsp3) is 0.344. The van der Waals surface area contributed by atoms with Crippen molar-refractivity contribution in [2.75, 3.05) is 19.1 Å². The molecule has 0 fully saturated rings. The summed E-state index contributed by atoms with van der Waals surface area (Å²) in [6, 6.07) is 15.6. The Hall–Kier alpha value is -4.53. The Kier molecular flexibility index (Phi) is 5.74. The minimum absolute atomic E-state index is 0.0565. The van der Waals surface area contributed by atoms with Crippen LogP contribution < -0.4 is 14.4 Å². The van der Waals surface area contributed by atoms with E-state index in [0.29, 0.717) is 41.8 Å². The number of benzene rings is 2. The van der Waals surface area contributed by atoms with Crippen molar-refractivity contribution in [2.45, 2.75) is 51.9 Å². The molecule has 4 aromatic rings. The lowest BCUT2D eigenvalue weighted by Gasteiger charge is -2.46. The number of nitrogens with zero attached hydrogens (tertiary/aromatic N) is 5. The van der Waals surface area contributed by atoms with Crippen LogP contribution in [0.1, 0.15) is 57.4 Å². The second-order valence-corrected chi connectivity index (χ2v) is 11.8. The summed E-state index contributed by atoms with van der Waals surface area (Å²) in [6.45, 7) is 4.27. The Morgan fingerprint density at radius 3 is 2.34 bits per heavy atom. The second kappa shape index (κ2) is 9.26. The molecule has 1 unspecified atom stereocenters. The number of Topliss-reactive ketones (excluding diaryl/α,β-unsaturated/α-hetero) is 2. The van der Waals surface area contributed by atoms with Crippen LogP contribution in [-0.4, -0.2) is 45.8 Å². The van der Waals surface area contributed by atoms with Crippen molar-refractivity contribution < 1.29 is 19.1 Å². The number of hydrogen-bond donors (Lipinski definition) is 0. The van der Waals surface area contributed by atoms with Crippen LogP contribution in [0.2, 0.25) is 0 Å². The molecule has 9 nitrogen and oxygen atoms in total. The van der Waals surface area contributed by atoms with E-state index in [-0.39, 0.29) is 17.0 Å². The number of carbonyl (C=O) groups is 2. The normalized spacial score (nSPS) is 20.5. The van der Waals surface area contributed by atoms with Crippen LogP contribution in [0.25, 0.3) is 16.6 Å². The molecule has 2 aromatic heterocycles. The summed E-state index contributed by atoms with van der Waals surface area (Å²) in [5, 5.41) is 13.6. The summed E-state index contributed by atoms with van der Waals surface area (Å²) in [5.41, 5.74) is 6.05. The summed E-state index contributed by atoms with van der Waals surface area (Å²) >= 11 is 0. The fourth-order valence-electron chi connectivity index (χ4n) is 6.84. The van der Waals surface area contributed by atoms with Crippen LogP contribution >= 0.6 is 0 Å². The minimum atomic E-state index is -0.560. The fourth-order valence-corrected chi connectivity index (χ4v) is 6.84. The van der Waals surface area contributed by atoms with Crippen LogP contribution in [0.3, 0.4) is 0 Å². The van der Waals surface area contributed by atoms with Crippen molar-refractivity contribution in [1.29, 1.82) is 0 Å². The summed E-state index contributed by atoms with van der Waals surface area (Å²) in [7, 11) is 3.27. The van der Waals surface area contributed by atoms with Crippen LogP contribution in [0, 0.1) is 5.41 Å². The summed E-state index contributed by atoms with van der Waals surface area (Å²) in [4.78, 5) is 30.3. The van der Waals surface area contributed by atoms with Gasteiger partial charge in [-0.15, -0.1) is 5.10 Å². The lowest BCUT2D eigenvalue weighted by Crippen LogP contribution is -2.42. The molecule has 1 atom stereocenters. The summed E-state index contributed by atoms with van der Waals surface area (Å²) in [5.74, 6) is 1.01. The largest absolute Gasteiger partial charge is 0.497 e. The van der Waals surface area contributed by atoms with Gasteiger partial charge in [0.25, 0.3) is 0 Å². The van der Waals surface area contributed by atoms with E-state index in [2.05, 4.69) is 34.3 Å². The standard InChI is InChI=1S/C32H31N5O4/c1-32(2)16-25-30(27(39)17-32)28(22-15-18-14-21(41-4)12-13-23(18)37-31(22)33-34-35-37)29-24(6-5-7-26(29)38)36(25)19-8-10-20(40-3)11-9-19/h8-15,28H,5-7,16-17H2,1-4H3. The van der Waals surface area contributed by atoms with Crippen LogP contribution in [0.4, 0.5) is 5.69 Å². The summed E-state index contributed by atoms with van der Waals surface area (Å²) in [6.07, 6.45) is 3.03. The van der Waals surface area contributed by atoms with Crippen molar-refractivity contribution in [3.05, 3.63) is 76.6 Å². The van der Waals surface area contributed by atoms with Gasteiger partial charge in [0.1, 0.15) is 11.5 Å². The molecular weight excluding hydrogens is 518 g/mol. The molecule has 2 aliphatic carbocycles. The number of carbonyl (C=O) groups excluding carboxylic acids is 2. The van der Waals surface area contributed by atoms with Crippen molar-refractivity contribution >= 4 is 33.8 Å². The smallest absolute Gasteiger partial charge is 0.184 e. The number of methoxy groups -OCH3 is 2. The van der Waals surface area contributed by atoms with Gasteiger partial charge in [0.05, 0.1) is 19.7 Å². The van der Waals surface area contributed by atoms with Crippen molar-refractivity contribution in [3.8, 4) is 11.5 Å². The van der Waals surface area contributed by atoms with E-state index in [1.807, 2.05) is 48.5 Å². The Labute approximate surface area is 237 Å². The zero-order chi connectivity index (χ0) is 28.5. The number of rotatable bonds is 4. The van der Waals surface area contributed by atoms with Crippen LogP contribution in [0.5, 0.6) is 11.5 Å². The maximum absolute atomic E-state index is 14.2. The molecule has 0 bridgehead atoms. The highest BCUT2D eigenvalue weighted by Crippen LogP contribution is 2.54. The van der Waals surface area contributed by atoms with Gasteiger partial charge in [0.2, 0.25) is 0 Å². The zero-order valence-corrected chi connectivity index (χ0v) is 23.6. The number of allylic oxidation sites excluding steroid dienone is 4. The maximum atomic E-state index is 14.2. The molecule has 208 valence electrons. The molecule has 9 heteroatoms. The Morgan fingerprint density at radius 2 is 1.59 bits per heavy atom. The first-order valence-corrected chi connectivity index (χ1v) is 13.9. The second-order valence-electron chi connectivity index (χ2n) is 11.8. The minimum Gasteiger partial charge on any atom is -0.497 e. The molecule has 3 heterocycles. The van der Waals surface area contributed by atoms with Crippen LogP contribution in [0.15, 0.2) is 71.1 Å². The van der Waals surface area contributed by atoms with Gasteiger partial charge in [-0.3, -0.25) is 9.59 Å². The first kappa shape index (κ1) is 25.4. The average Bonchev–Trinajstić information content (AvgIpc) is 3.45. The van der Waals surface area contributed by atoms with Crippen LogP contribution in [-0.2, 0) is 9.59 Å². The third-order valence-electron chi connectivity index (χ3n) is 8.59. The molecule has 0 amide bonds. The Bertz CT molecular complexity index is 1820. The molecule has 1 aliphatic heterocycles. The highest BCUT2D eigenvalue weighted by molar-refractivity contribution is 6.08. The number of tetrazole rings is 1. The van der Waals surface area contributed by atoms with Crippen molar-refractivity contribution in [2.24, 2.45) is 5.41 Å². The third kappa shape index (κ3) is 3.94. The molecule has 41 heavy (non-hydrogen) atoms. The third-order valence-corrected chi connectivity index (χ3v) is 8.59. The lowest BCUT2D eigenvalue weighted by atomic mass is 9.66. The maximum Gasteiger partial charge on any atom is 0.184 e. The predicted octanol–water partition coefficient (Wildman–Crippen LogP) is 5.55. The lowest BCUT2D eigenvalue weighted by molar-refractivity contribution is -0.118. The zero-order valence-electron chi connectivity index (χ0n) is 23.6. The number of hydrogen-bond acceptors (Lipinski definition) is 8. The van der Waals surface area contributed by atoms with Gasteiger partial charge in [-0.1, -0.05) is 13.8 Å². The molecule has 0 saturated carbocycles. The van der Waals surface area contributed by atoms with E-state index in [9.17, 15) is 9.59 Å². The van der Waals surface area contributed by atoms with Gasteiger partial charge in [-0.2, -0.15) is 4.52 Å². The highest BCUT2D eigenvalue weighted by Gasteiger charge is 2.47. The number of pyridine rings is 1. The molecule has 2 aromatic carbocycles. The van der Waals surface area contributed by atoms with E-state index >= 15 is 0 Å². The van der Waals surface area contributed by atoms with Crippen molar-refractivity contribution in [3.63, 3.8) is 0 Å². The SMILES string of the molecule is COc1ccc(N2C3=C(C(=O)CCC3)C(c3cc4cc(OC)ccc4n4nnnc34)C3=C2CC(C)(C)CC3=O)cc1. The van der Waals surface area contributed by atoms with E-state index in [4.69, 9.17) is 9.47 Å². The first-order valence-electron chi connectivity index (χ1n) is 13.9. The molecule has 0 N–H and O–H groups in total.